The van der Waals surface area contributed by atoms with Crippen molar-refractivity contribution in [2.75, 3.05) is 12.0 Å². The summed E-state index contributed by atoms with van der Waals surface area (Å²) in [7, 11) is 0. The number of furan rings is 1. The van der Waals surface area contributed by atoms with Crippen LogP contribution in [0, 0.1) is 23.3 Å². The number of alkyl halides is 3. The number of nitrogens with zero attached hydrogens (tertiary/aromatic N) is 1. The molecule has 174 valence electrons. The molecule has 0 atom stereocenters. The van der Waals surface area contributed by atoms with Crippen LogP contribution < -0.4 is 5.43 Å². The predicted molar refractivity (Wildman–Crippen MR) is 103 cm³/mol. The predicted octanol–water partition coefficient (Wildman–Crippen LogP) is 6.14. The largest absolute Gasteiger partial charge is 0.462 e. The Kier molecular flexibility index (Phi) is 6.75. The number of carbonyl (C=O) groups excluding carboxylic acids is 1. The fraction of sp³-hybridized carbons (Fsp3) is 0.143. The Morgan fingerprint density at radius 2 is 1.61 bits per heavy atom. The van der Waals surface area contributed by atoms with Crippen LogP contribution >= 0.6 is 0 Å². The number of nitrogens with one attached hydrogen (secondary N) is 1. The summed E-state index contributed by atoms with van der Waals surface area (Å²) in [5.41, 5.74) is -1.72. The highest BCUT2D eigenvalue weighted by molar-refractivity contribution is 5.90. The number of esters is 1. The van der Waals surface area contributed by atoms with Crippen LogP contribution in [0.15, 0.2) is 45.9 Å². The van der Waals surface area contributed by atoms with Gasteiger partial charge in [0.2, 0.25) is 0 Å². The molecule has 3 rings (SSSR count). The minimum absolute atomic E-state index is 0.0284. The summed E-state index contributed by atoms with van der Waals surface area (Å²) in [5.74, 6) is -9.95. The van der Waals surface area contributed by atoms with E-state index < -0.39 is 46.7 Å². The number of benzene rings is 2. The highest BCUT2D eigenvalue weighted by Gasteiger charge is 2.42. The summed E-state index contributed by atoms with van der Waals surface area (Å²) >= 11 is 0. The van der Waals surface area contributed by atoms with E-state index in [1.54, 1.807) is 24.5 Å². The van der Waals surface area contributed by atoms with Gasteiger partial charge in [-0.15, -0.1) is 0 Å². The highest BCUT2D eigenvalue weighted by Crippen LogP contribution is 2.38. The lowest BCUT2D eigenvalue weighted by Gasteiger charge is -2.13. The Hall–Kier alpha value is -3.83. The summed E-state index contributed by atoms with van der Waals surface area (Å²) in [6, 6.07) is 9.04. The van der Waals surface area contributed by atoms with E-state index in [0.717, 1.165) is 6.21 Å². The van der Waals surface area contributed by atoms with Crippen LogP contribution in [0.25, 0.3) is 11.3 Å². The summed E-state index contributed by atoms with van der Waals surface area (Å²) < 4.78 is 103. The molecule has 0 saturated heterocycles. The molecule has 0 spiro atoms. The van der Waals surface area contributed by atoms with E-state index in [1.807, 2.05) is 0 Å². The first-order valence-corrected chi connectivity index (χ1v) is 9.14. The fourth-order valence-corrected chi connectivity index (χ4v) is 2.70. The zero-order valence-corrected chi connectivity index (χ0v) is 16.6. The van der Waals surface area contributed by atoms with Gasteiger partial charge in [0.05, 0.1) is 18.4 Å². The van der Waals surface area contributed by atoms with Gasteiger partial charge < -0.3 is 9.15 Å². The van der Waals surface area contributed by atoms with Gasteiger partial charge in [-0.1, -0.05) is 12.1 Å². The van der Waals surface area contributed by atoms with Crippen LogP contribution in [0.1, 0.15) is 28.6 Å². The average molecular weight is 474 g/mol. The highest BCUT2D eigenvalue weighted by atomic mass is 19.4. The van der Waals surface area contributed by atoms with Crippen LogP contribution in [-0.2, 0) is 10.9 Å². The second-order valence-corrected chi connectivity index (χ2v) is 6.37. The first-order chi connectivity index (χ1) is 15.5. The number of hydrogen-bond donors (Lipinski definition) is 1. The number of rotatable bonds is 6. The van der Waals surface area contributed by atoms with Crippen molar-refractivity contribution >= 4 is 17.9 Å². The Morgan fingerprint density at radius 1 is 1.00 bits per heavy atom. The molecule has 0 aliphatic heterocycles. The molecule has 1 heterocycles. The fourth-order valence-electron chi connectivity index (χ4n) is 2.70. The molecule has 33 heavy (non-hydrogen) atoms. The molecule has 0 aliphatic rings. The second kappa shape index (κ2) is 9.35. The molecule has 0 fully saturated rings. The maximum atomic E-state index is 13.8. The van der Waals surface area contributed by atoms with Gasteiger partial charge in [0.25, 0.3) is 0 Å². The van der Waals surface area contributed by atoms with E-state index in [2.05, 4.69) is 5.10 Å². The van der Waals surface area contributed by atoms with Crippen molar-refractivity contribution in [2.24, 2.45) is 5.10 Å². The molecule has 12 heteroatoms. The Balaban J connectivity index is 1.77. The molecule has 1 N–H and O–H groups in total. The lowest BCUT2D eigenvalue weighted by atomic mass is 10.1. The molecule has 5 nitrogen and oxygen atoms in total. The second-order valence-electron chi connectivity index (χ2n) is 6.37. The molecule has 0 saturated carbocycles. The Morgan fingerprint density at radius 3 is 2.15 bits per heavy atom. The van der Waals surface area contributed by atoms with Crippen molar-refractivity contribution in [2.45, 2.75) is 13.1 Å². The third kappa shape index (κ3) is 4.99. The third-order valence-corrected chi connectivity index (χ3v) is 4.22. The first-order valence-electron chi connectivity index (χ1n) is 9.14. The minimum atomic E-state index is -5.64. The van der Waals surface area contributed by atoms with E-state index >= 15 is 0 Å². The van der Waals surface area contributed by atoms with Gasteiger partial charge >= 0.3 is 12.1 Å². The van der Waals surface area contributed by atoms with Crippen LogP contribution in [0.2, 0.25) is 0 Å². The molecular formula is C21H13F7N2O3. The van der Waals surface area contributed by atoms with Crippen molar-refractivity contribution in [3.05, 3.63) is 76.6 Å². The lowest BCUT2D eigenvalue weighted by molar-refractivity contribution is -0.143. The number of halogens is 7. The number of hydrogen-bond acceptors (Lipinski definition) is 5. The van der Waals surface area contributed by atoms with Gasteiger partial charge in [-0.2, -0.15) is 18.3 Å². The smallest absolute Gasteiger partial charge is 0.422 e. The maximum Gasteiger partial charge on any atom is 0.422 e. The van der Waals surface area contributed by atoms with Gasteiger partial charge in [0.15, 0.2) is 23.3 Å². The van der Waals surface area contributed by atoms with E-state index in [-0.39, 0.29) is 12.4 Å². The minimum Gasteiger partial charge on any atom is -0.462 e. The molecule has 0 unspecified atom stereocenters. The monoisotopic (exact) mass is 474 g/mol. The number of carbonyl (C=O) groups is 1. The van der Waals surface area contributed by atoms with Crippen LogP contribution in [0.3, 0.4) is 0 Å². The zero-order valence-electron chi connectivity index (χ0n) is 16.6. The Bertz CT molecular complexity index is 1170. The van der Waals surface area contributed by atoms with E-state index in [1.165, 1.54) is 24.3 Å². The van der Waals surface area contributed by atoms with Crippen molar-refractivity contribution in [3.63, 3.8) is 0 Å². The number of ether oxygens (including phenoxy) is 1. The molecular weight excluding hydrogens is 461 g/mol. The summed E-state index contributed by atoms with van der Waals surface area (Å²) in [6.07, 6.45) is -4.76. The van der Waals surface area contributed by atoms with Gasteiger partial charge in [-0.25, -0.2) is 22.4 Å². The third-order valence-electron chi connectivity index (χ3n) is 4.22. The lowest BCUT2D eigenvalue weighted by Crippen LogP contribution is -2.16. The molecule has 0 bridgehead atoms. The molecule has 0 amide bonds. The summed E-state index contributed by atoms with van der Waals surface area (Å²) in [6.45, 7) is 1.88. The number of hydrazone groups is 1. The van der Waals surface area contributed by atoms with E-state index in [0.29, 0.717) is 16.9 Å². The van der Waals surface area contributed by atoms with E-state index in [9.17, 15) is 35.5 Å². The van der Waals surface area contributed by atoms with Gasteiger partial charge in [0, 0.05) is 5.56 Å². The quantitative estimate of drug-likeness (QED) is 0.153. The van der Waals surface area contributed by atoms with Gasteiger partial charge in [-0.05, 0) is 31.2 Å². The standard InChI is InChI=1S/C21H13F7N2O3/c1-2-32-20(31)11-5-3-10(4-6-11)13-8-7-12(33-13)9-29-30-19-17(24)15(22)14(21(26,27)28)16(23)18(19)25/h3-9,30H,2H2,1H3/b29-9+. The molecule has 2 aromatic carbocycles. The summed E-state index contributed by atoms with van der Waals surface area (Å²) in [4.78, 5) is 11.7. The SMILES string of the molecule is CCOC(=O)c1ccc(-c2ccc(/C=N/Nc3c(F)c(F)c(C(F)(F)F)c(F)c3F)o2)cc1. The van der Waals surface area contributed by atoms with Crippen LogP contribution in [0.4, 0.5) is 36.4 Å². The normalized spacial score (nSPS) is 11.8. The van der Waals surface area contributed by atoms with Crippen molar-refractivity contribution in [1.82, 2.24) is 0 Å². The van der Waals surface area contributed by atoms with Gasteiger partial charge in [0.1, 0.15) is 22.8 Å². The van der Waals surface area contributed by atoms with Crippen molar-refractivity contribution in [1.29, 1.82) is 0 Å². The zero-order chi connectivity index (χ0) is 24.3. The Labute approximate surface area is 181 Å². The molecule has 3 aromatic rings. The summed E-state index contributed by atoms with van der Waals surface area (Å²) in [5, 5.41) is 3.35. The first kappa shape index (κ1) is 23.8. The molecule has 0 radical (unpaired) electrons. The van der Waals surface area contributed by atoms with Crippen LogP contribution in [-0.4, -0.2) is 18.8 Å². The molecule has 1 aromatic heterocycles. The van der Waals surface area contributed by atoms with Crippen molar-refractivity contribution < 1.29 is 44.7 Å². The van der Waals surface area contributed by atoms with Crippen LogP contribution in [0.5, 0.6) is 0 Å². The maximum absolute atomic E-state index is 13.8. The van der Waals surface area contributed by atoms with Crippen molar-refractivity contribution in [3.8, 4) is 11.3 Å². The van der Waals surface area contributed by atoms with E-state index in [4.69, 9.17) is 9.15 Å². The van der Waals surface area contributed by atoms with Gasteiger partial charge in [-0.3, -0.25) is 5.43 Å². The topological polar surface area (TPSA) is 63.8 Å². The average Bonchev–Trinajstić information content (AvgIpc) is 3.23. The number of anilines is 1. The molecule has 0 aliphatic carbocycles.